The van der Waals surface area contributed by atoms with Gasteiger partial charge >= 0.3 is 11.9 Å². The molecule has 0 rings (SSSR count). The summed E-state index contributed by atoms with van der Waals surface area (Å²) in [5.41, 5.74) is -0.595. The van der Waals surface area contributed by atoms with Crippen LogP contribution in [0.1, 0.15) is 47.5 Å². The van der Waals surface area contributed by atoms with E-state index in [1.165, 1.54) is 0 Å². The Bertz CT molecular complexity index is 312. The van der Waals surface area contributed by atoms with Crippen LogP contribution in [0.2, 0.25) is 0 Å². The maximum atomic E-state index is 12.1. The lowest BCUT2D eigenvalue weighted by atomic mass is 9.88. The molecule has 1 N–H and O–H groups in total. The molecule has 18 heavy (non-hydrogen) atoms. The summed E-state index contributed by atoms with van der Waals surface area (Å²) in [6.45, 7) is 9.00. The first-order valence-electron chi connectivity index (χ1n) is 6.31. The van der Waals surface area contributed by atoms with Crippen LogP contribution in [0.3, 0.4) is 0 Å². The van der Waals surface area contributed by atoms with E-state index >= 15 is 0 Å². The van der Waals surface area contributed by atoms with Crippen molar-refractivity contribution in [2.75, 3.05) is 0 Å². The quantitative estimate of drug-likeness (QED) is 0.586. The van der Waals surface area contributed by atoms with Crippen LogP contribution < -0.4 is 0 Å². The molecule has 0 aliphatic carbocycles. The van der Waals surface area contributed by atoms with Crippen molar-refractivity contribution < 1.29 is 19.4 Å². The molecule has 0 aliphatic heterocycles. The molecule has 0 heterocycles. The standard InChI is InChI=1S/C14H24O4/c1-6-8-10(12(15)16)11(9-7-2)13(17)18-14(3,4)5/h6,8,10-11H,7,9H2,1-5H3,(H,15,16)/b8-6+/t10-,11-/m1/s1. The number of hydrogen-bond acceptors (Lipinski definition) is 3. The molecule has 0 aliphatic rings. The number of carboxylic acid groups (broad SMARTS) is 1. The Morgan fingerprint density at radius 3 is 2.22 bits per heavy atom. The van der Waals surface area contributed by atoms with Gasteiger partial charge in [-0.2, -0.15) is 0 Å². The van der Waals surface area contributed by atoms with Gasteiger partial charge in [0.1, 0.15) is 5.60 Å². The molecular weight excluding hydrogens is 232 g/mol. The number of carboxylic acids is 1. The molecule has 0 amide bonds. The number of carbonyl (C=O) groups is 2. The molecule has 2 atom stereocenters. The number of aliphatic carboxylic acids is 1. The van der Waals surface area contributed by atoms with E-state index in [1.54, 1.807) is 39.8 Å². The van der Waals surface area contributed by atoms with Crippen LogP contribution in [0.4, 0.5) is 0 Å². The van der Waals surface area contributed by atoms with Crippen molar-refractivity contribution in [1.29, 1.82) is 0 Å². The van der Waals surface area contributed by atoms with Gasteiger partial charge in [-0.3, -0.25) is 9.59 Å². The maximum absolute atomic E-state index is 12.1. The predicted octanol–water partition coefficient (Wildman–Crippen LogP) is 3.02. The van der Waals surface area contributed by atoms with E-state index in [0.29, 0.717) is 6.42 Å². The van der Waals surface area contributed by atoms with E-state index in [4.69, 9.17) is 4.74 Å². The van der Waals surface area contributed by atoms with E-state index in [0.717, 1.165) is 6.42 Å². The normalized spacial score (nSPS) is 15.4. The molecular formula is C14H24O4. The molecule has 104 valence electrons. The predicted molar refractivity (Wildman–Crippen MR) is 70.2 cm³/mol. The van der Waals surface area contributed by atoms with Gasteiger partial charge in [0.05, 0.1) is 11.8 Å². The van der Waals surface area contributed by atoms with Crippen molar-refractivity contribution in [3.63, 3.8) is 0 Å². The molecule has 0 spiro atoms. The zero-order chi connectivity index (χ0) is 14.3. The topological polar surface area (TPSA) is 63.6 Å². The Hall–Kier alpha value is -1.32. The fourth-order valence-corrected chi connectivity index (χ4v) is 1.73. The second kappa shape index (κ2) is 7.19. The third-order valence-corrected chi connectivity index (χ3v) is 2.43. The monoisotopic (exact) mass is 256 g/mol. The molecule has 4 nitrogen and oxygen atoms in total. The first-order chi connectivity index (χ1) is 8.22. The van der Waals surface area contributed by atoms with Crippen molar-refractivity contribution >= 4 is 11.9 Å². The lowest BCUT2D eigenvalue weighted by Gasteiger charge is -2.26. The van der Waals surface area contributed by atoms with Gasteiger partial charge in [-0.25, -0.2) is 0 Å². The van der Waals surface area contributed by atoms with Crippen LogP contribution in [0.15, 0.2) is 12.2 Å². The number of esters is 1. The van der Waals surface area contributed by atoms with Gasteiger partial charge < -0.3 is 9.84 Å². The molecule has 0 bridgehead atoms. The van der Waals surface area contributed by atoms with Crippen molar-refractivity contribution in [2.24, 2.45) is 11.8 Å². The molecule has 0 saturated heterocycles. The highest BCUT2D eigenvalue weighted by molar-refractivity contribution is 5.82. The van der Waals surface area contributed by atoms with Crippen molar-refractivity contribution in [3.05, 3.63) is 12.2 Å². The van der Waals surface area contributed by atoms with E-state index in [1.807, 2.05) is 6.92 Å². The van der Waals surface area contributed by atoms with Gasteiger partial charge in [0.2, 0.25) is 0 Å². The molecule has 0 aromatic heterocycles. The average Bonchev–Trinajstić information content (AvgIpc) is 2.20. The summed E-state index contributed by atoms with van der Waals surface area (Å²) >= 11 is 0. The highest BCUT2D eigenvalue weighted by Gasteiger charge is 2.34. The SMILES string of the molecule is C/C=C/[C@@H](C(=O)O)[C@@H](CCC)C(=O)OC(C)(C)C. The third kappa shape index (κ3) is 5.84. The molecule has 0 saturated carbocycles. The Morgan fingerprint density at radius 1 is 1.33 bits per heavy atom. The Labute approximate surface area is 109 Å². The van der Waals surface area contributed by atoms with Crippen LogP contribution in [-0.2, 0) is 14.3 Å². The van der Waals surface area contributed by atoms with Gasteiger partial charge in [-0.05, 0) is 34.1 Å². The fraction of sp³-hybridized carbons (Fsp3) is 0.714. The zero-order valence-corrected chi connectivity index (χ0v) is 11.9. The number of carbonyl (C=O) groups excluding carboxylic acids is 1. The first kappa shape index (κ1) is 16.7. The Morgan fingerprint density at radius 2 is 1.89 bits per heavy atom. The molecule has 4 heteroatoms. The average molecular weight is 256 g/mol. The van der Waals surface area contributed by atoms with Gasteiger partial charge in [-0.15, -0.1) is 0 Å². The molecule has 0 aromatic rings. The first-order valence-corrected chi connectivity index (χ1v) is 6.31. The van der Waals surface area contributed by atoms with E-state index in [2.05, 4.69) is 0 Å². The smallest absolute Gasteiger partial charge is 0.311 e. The van der Waals surface area contributed by atoms with Gasteiger partial charge in [0.25, 0.3) is 0 Å². The minimum Gasteiger partial charge on any atom is -0.481 e. The number of allylic oxidation sites excluding steroid dienone is 1. The fourth-order valence-electron chi connectivity index (χ4n) is 1.73. The number of rotatable bonds is 6. The third-order valence-electron chi connectivity index (χ3n) is 2.43. The van der Waals surface area contributed by atoms with E-state index < -0.39 is 29.4 Å². The summed E-state index contributed by atoms with van der Waals surface area (Å²) in [5, 5.41) is 9.19. The summed E-state index contributed by atoms with van der Waals surface area (Å²) in [6, 6.07) is 0. The summed E-state index contributed by atoms with van der Waals surface area (Å²) in [7, 11) is 0. The van der Waals surface area contributed by atoms with Crippen LogP contribution in [-0.4, -0.2) is 22.6 Å². The van der Waals surface area contributed by atoms with Crippen LogP contribution in [0.25, 0.3) is 0 Å². The molecule has 0 fully saturated rings. The van der Waals surface area contributed by atoms with Crippen LogP contribution in [0, 0.1) is 11.8 Å². The van der Waals surface area contributed by atoms with Crippen molar-refractivity contribution in [2.45, 2.75) is 53.1 Å². The maximum Gasteiger partial charge on any atom is 0.311 e. The van der Waals surface area contributed by atoms with Gasteiger partial charge in [0.15, 0.2) is 0 Å². The number of hydrogen-bond donors (Lipinski definition) is 1. The van der Waals surface area contributed by atoms with Crippen LogP contribution >= 0.6 is 0 Å². The summed E-state index contributed by atoms with van der Waals surface area (Å²) in [6.07, 6.45) is 4.46. The molecule has 0 unspecified atom stereocenters. The van der Waals surface area contributed by atoms with Gasteiger partial charge in [0, 0.05) is 0 Å². The largest absolute Gasteiger partial charge is 0.481 e. The summed E-state index contributed by atoms with van der Waals surface area (Å²) in [4.78, 5) is 23.3. The van der Waals surface area contributed by atoms with E-state index in [9.17, 15) is 14.7 Å². The zero-order valence-electron chi connectivity index (χ0n) is 11.9. The lowest BCUT2D eigenvalue weighted by Crippen LogP contribution is -2.34. The Balaban J connectivity index is 5.02. The highest BCUT2D eigenvalue weighted by Crippen LogP contribution is 2.24. The lowest BCUT2D eigenvalue weighted by molar-refractivity contribution is -0.165. The van der Waals surface area contributed by atoms with Crippen LogP contribution in [0.5, 0.6) is 0 Å². The number of ether oxygens (including phenoxy) is 1. The highest BCUT2D eigenvalue weighted by atomic mass is 16.6. The summed E-state index contributed by atoms with van der Waals surface area (Å²) < 4.78 is 5.29. The molecule has 0 aromatic carbocycles. The van der Waals surface area contributed by atoms with E-state index in [-0.39, 0.29) is 0 Å². The Kier molecular flexibility index (Phi) is 6.66. The second-order valence-corrected chi connectivity index (χ2v) is 5.32. The van der Waals surface area contributed by atoms with Gasteiger partial charge in [-0.1, -0.05) is 25.5 Å². The minimum absolute atomic E-state index is 0.435. The molecule has 0 radical (unpaired) electrons. The second-order valence-electron chi connectivity index (χ2n) is 5.32. The van der Waals surface area contributed by atoms with Crippen molar-refractivity contribution in [3.8, 4) is 0 Å². The van der Waals surface area contributed by atoms with Crippen molar-refractivity contribution in [1.82, 2.24) is 0 Å². The summed E-state index contributed by atoms with van der Waals surface area (Å²) in [5.74, 6) is -2.86. The minimum atomic E-state index is -0.989.